The molecule has 1 N–H and O–H groups in total. The Labute approximate surface area is 115 Å². The van der Waals surface area contributed by atoms with E-state index in [-0.39, 0.29) is 5.91 Å². The lowest BCUT2D eigenvalue weighted by Crippen LogP contribution is -2.13. The van der Waals surface area contributed by atoms with Crippen LogP contribution in [-0.2, 0) is 0 Å². The summed E-state index contributed by atoms with van der Waals surface area (Å²) in [5.74, 6) is -0.259. The molecule has 2 rings (SSSR count). The first-order valence-electron chi connectivity index (χ1n) is 5.25. The maximum Gasteiger partial charge on any atom is 0.256 e. The highest BCUT2D eigenvalue weighted by atomic mass is 35.5. The monoisotopic (exact) mass is 280 g/mol. The van der Waals surface area contributed by atoms with Gasteiger partial charge in [0.15, 0.2) is 0 Å². The van der Waals surface area contributed by atoms with Crippen molar-refractivity contribution < 1.29 is 4.79 Å². The van der Waals surface area contributed by atoms with E-state index in [2.05, 4.69) is 10.3 Å². The number of pyridine rings is 1. The van der Waals surface area contributed by atoms with Crippen LogP contribution in [0.3, 0.4) is 0 Å². The topological polar surface area (TPSA) is 42.0 Å². The molecule has 1 heterocycles. The molecule has 0 aliphatic rings. The first-order valence-corrected chi connectivity index (χ1v) is 6.00. The molecule has 0 aliphatic heterocycles. The average molecular weight is 281 g/mol. The molecule has 0 radical (unpaired) electrons. The summed E-state index contributed by atoms with van der Waals surface area (Å²) in [6.07, 6.45) is 3.06. The molecule has 3 nitrogen and oxygen atoms in total. The van der Waals surface area contributed by atoms with Gasteiger partial charge in [-0.2, -0.15) is 0 Å². The Morgan fingerprint density at radius 2 is 2.06 bits per heavy atom. The van der Waals surface area contributed by atoms with Gasteiger partial charge in [-0.3, -0.25) is 9.78 Å². The minimum atomic E-state index is -0.259. The smallest absolute Gasteiger partial charge is 0.256 e. The van der Waals surface area contributed by atoms with Gasteiger partial charge in [-0.25, -0.2) is 0 Å². The van der Waals surface area contributed by atoms with E-state index in [1.165, 1.54) is 6.20 Å². The Morgan fingerprint density at radius 3 is 2.78 bits per heavy atom. The molecule has 0 unspecified atom stereocenters. The number of aryl methyl sites for hydroxylation is 1. The molecule has 0 fully saturated rings. The molecule has 1 aromatic heterocycles. The van der Waals surface area contributed by atoms with Crippen molar-refractivity contribution in [2.45, 2.75) is 6.92 Å². The third-order valence-electron chi connectivity index (χ3n) is 2.46. The second kappa shape index (κ2) is 5.38. The lowest BCUT2D eigenvalue weighted by Gasteiger charge is -2.08. The Bertz CT molecular complexity index is 599. The Morgan fingerprint density at radius 1 is 1.28 bits per heavy atom. The summed E-state index contributed by atoms with van der Waals surface area (Å²) in [4.78, 5) is 16.0. The van der Waals surface area contributed by atoms with E-state index in [0.717, 1.165) is 5.56 Å². The Balaban J connectivity index is 2.28. The molecule has 0 spiro atoms. The molecular formula is C13H10Cl2N2O. The third kappa shape index (κ3) is 2.81. The first kappa shape index (κ1) is 12.9. The number of nitrogens with zero attached hydrogens (tertiary/aromatic N) is 1. The van der Waals surface area contributed by atoms with Gasteiger partial charge in [0, 0.05) is 16.8 Å². The van der Waals surface area contributed by atoms with Crippen LogP contribution in [0.25, 0.3) is 0 Å². The zero-order valence-corrected chi connectivity index (χ0v) is 11.1. The van der Waals surface area contributed by atoms with Crippen LogP contribution in [0.4, 0.5) is 5.69 Å². The fourth-order valence-electron chi connectivity index (χ4n) is 1.50. The number of carbonyl (C=O) groups is 1. The van der Waals surface area contributed by atoms with Crippen LogP contribution < -0.4 is 5.32 Å². The van der Waals surface area contributed by atoms with Crippen LogP contribution in [0.5, 0.6) is 0 Å². The van der Waals surface area contributed by atoms with E-state index in [1.807, 2.05) is 6.92 Å². The number of halogens is 2. The van der Waals surface area contributed by atoms with E-state index in [9.17, 15) is 4.79 Å². The highest BCUT2D eigenvalue weighted by molar-refractivity contribution is 6.34. The van der Waals surface area contributed by atoms with Crippen LogP contribution in [-0.4, -0.2) is 10.9 Å². The maximum atomic E-state index is 12.1. The fraction of sp³-hybridized carbons (Fsp3) is 0.0769. The van der Waals surface area contributed by atoms with E-state index in [1.54, 1.807) is 30.5 Å². The van der Waals surface area contributed by atoms with Gasteiger partial charge in [-0.15, -0.1) is 0 Å². The molecule has 5 heteroatoms. The van der Waals surface area contributed by atoms with Crippen molar-refractivity contribution in [3.63, 3.8) is 0 Å². The van der Waals surface area contributed by atoms with E-state index < -0.39 is 0 Å². The normalized spacial score (nSPS) is 10.2. The number of nitrogens with one attached hydrogen (secondary N) is 1. The van der Waals surface area contributed by atoms with Gasteiger partial charge in [0.1, 0.15) is 0 Å². The zero-order valence-electron chi connectivity index (χ0n) is 9.58. The van der Waals surface area contributed by atoms with Crippen molar-refractivity contribution in [2.24, 2.45) is 0 Å². The minimum Gasteiger partial charge on any atom is -0.319 e. The number of carbonyl (C=O) groups excluding carboxylic acids is 1. The molecule has 1 aromatic carbocycles. The second-order valence-electron chi connectivity index (χ2n) is 3.77. The molecule has 0 aliphatic carbocycles. The van der Waals surface area contributed by atoms with E-state index in [0.29, 0.717) is 21.3 Å². The number of hydrogen-bond acceptors (Lipinski definition) is 2. The molecule has 0 bridgehead atoms. The third-order valence-corrected chi connectivity index (χ3v) is 3.02. The number of amides is 1. The maximum absolute atomic E-state index is 12.1. The van der Waals surface area contributed by atoms with Crippen LogP contribution in [0.15, 0.2) is 36.7 Å². The van der Waals surface area contributed by atoms with Gasteiger partial charge < -0.3 is 5.32 Å². The van der Waals surface area contributed by atoms with Gasteiger partial charge in [-0.1, -0.05) is 29.3 Å². The summed E-state index contributed by atoms with van der Waals surface area (Å²) >= 11 is 11.8. The van der Waals surface area contributed by atoms with Crippen molar-refractivity contribution >= 4 is 34.8 Å². The standard InChI is InChI=1S/C13H10Cl2N2O/c1-8-2-3-9(14)6-10(8)13(18)17-12-7-16-5-4-11(12)15/h2-7H,1H3,(H,17,18). The fourth-order valence-corrected chi connectivity index (χ4v) is 1.82. The average Bonchev–Trinajstić information content (AvgIpc) is 2.35. The predicted octanol–water partition coefficient (Wildman–Crippen LogP) is 3.95. The van der Waals surface area contributed by atoms with Gasteiger partial charge in [0.25, 0.3) is 5.91 Å². The van der Waals surface area contributed by atoms with E-state index in [4.69, 9.17) is 23.2 Å². The molecule has 0 saturated carbocycles. The van der Waals surface area contributed by atoms with Crippen LogP contribution in [0, 0.1) is 6.92 Å². The van der Waals surface area contributed by atoms with Crippen LogP contribution >= 0.6 is 23.2 Å². The number of hydrogen-bond donors (Lipinski definition) is 1. The van der Waals surface area contributed by atoms with Gasteiger partial charge in [0.05, 0.1) is 16.9 Å². The van der Waals surface area contributed by atoms with Crippen molar-refractivity contribution in [1.29, 1.82) is 0 Å². The molecular weight excluding hydrogens is 271 g/mol. The van der Waals surface area contributed by atoms with Crippen molar-refractivity contribution in [2.75, 3.05) is 5.32 Å². The molecule has 92 valence electrons. The SMILES string of the molecule is Cc1ccc(Cl)cc1C(=O)Nc1cnccc1Cl. The lowest BCUT2D eigenvalue weighted by atomic mass is 10.1. The summed E-state index contributed by atoms with van der Waals surface area (Å²) in [5, 5.41) is 3.66. The van der Waals surface area contributed by atoms with Crippen LogP contribution in [0.2, 0.25) is 10.0 Å². The summed E-state index contributed by atoms with van der Waals surface area (Å²) in [6, 6.07) is 6.77. The van der Waals surface area contributed by atoms with Crippen molar-refractivity contribution in [1.82, 2.24) is 4.98 Å². The quantitative estimate of drug-likeness (QED) is 0.905. The largest absolute Gasteiger partial charge is 0.319 e. The van der Waals surface area contributed by atoms with Crippen LogP contribution in [0.1, 0.15) is 15.9 Å². The van der Waals surface area contributed by atoms with Gasteiger partial charge in [-0.05, 0) is 30.7 Å². The minimum absolute atomic E-state index is 0.259. The number of rotatable bonds is 2. The molecule has 1 amide bonds. The molecule has 0 saturated heterocycles. The van der Waals surface area contributed by atoms with E-state index >= 15 is 0 Å². The van der Waals surface area contributed by atoms with Crippen molar-refractivity contribution in [3.8, 4) is 0 Å². The molecule has 0 atom stereocenters. The first-order chi connectivity index (χ1) is 8.58. The summed E-state index contributed by atoms with van der Waals surface area (Å²) in [5.41, 5.74) is 1.84. The number of benzene rings is 1. The summed E-state index contributed by atoms with van der Waals surface area (Å²) in [7, 11) is 0. The lowest BCUT2D eigenvalue weighted by molar-refractivity contribution is 0.102. The summed E-state index contributed by atoms with van der Waals surface area (Å²) < 4.78 is 0. The predicted molar refractivity (Wildman–Crippen MR) is 73.4 cm³/mol. The summed E-state index contributed by atoms with van der Waals surface area (Å²) in [6.45, 7) is 1.84. The Kier molecular flexibility index (Phi) is 3.84. The molecule has 18 heavy (non-hydrogen) atoms. The highest BCUT2D eigenvalue weighted by Gasteiger charge is 2.11. The van der Waals surface area contributed by atoms with Gasteiger partial charge >= 0.3 is 0 Å². The number of aromatic nitrogens is 1. The number of anilines is 1. The highest BCUT2D eigenvalue weighted by Crippen LogP contribution is 2.21. The zero-order chi connectivity index (χ0) is 13.1. The van der Waals surface area contributed by atoms with Crippen molar-refractivity contribution in [3.05, 3.63) is 57.8 Å². The Hall–Kier alpha value is -1.58. The van der Waals surface area contributed by atoms with Gasteiger partial charge in [0.2, 0.25) is 0 Å². The second-order valence-corrected chi connectivity index (χ2v) is 4.61. The molecule has 2 aromatic rings.